The van der Waals surface area contributed by atoms with E-state index < -0.39 is 0 Å². The molecule has 1 spiro atoms. The molecular formula is C19H27BN2O2. The first-order chi connectivity index (χ1) is 11.3. The molecule has 24 heavy (non-hydrogen) atoms. The van der Waals surface area contributed by atoms with Crippen LogP contribution in [0.1, 0.15) is 52.0 Å². The maximum absolute atomic E-state index is 12.1. The summed E-state index contributed by atoms with van der Waals surface area (Å²) in [5.41, 5.74) is 1.89. The zero-order valence-corrected chi connectivity index (χ0v) is 15.1. The van der Waals surface area contributed by atoms with Crippen LogP contribution in [0.3, 0.4) is 0 Å². The van der Waals surface area contributed by atoms with Crippen molar-refractivity contribution in [3.63, 3.8) is 0 Å². The molecule has 3 rings (SSSR count). The predicted molar refractivity (Wildman–Crippen MR) is 96.2 cm³/mol. The van der Waals surface area contributed by atoms with Crippen molar-refractivity contribution >= 4 is 19.2 Å². The van der Waals surface area contributed by atoms with E-state index in [1.54, 1.807) is 0 Å². The van der Waals surface area contributed by atoms with Crippen molar-refractivity contribution in [3.8, 4) is 5.88 Å². The van der Waals surface area contributed by atoms with E-state index in [1.165, 1.54) is 5.56 Å². The van der Waals surface area contributed by atoms with Crippen LogP contribution in [0.4, 0.5) is 0 Å². The zero-order chi connectivity index (χ0) is 17.4. The number of hydrogen-bond acceptors (Lipinski definition) is 4. The third-order valence-corrected chi connectivity index (χ3v) is 5.19. The summed E-state index contributed by atoms with van der Waals surface area (Å²) in [4.78, 5) is 18.8. The van der Waals surface area contributed by atoms with Gasteiger partial charge in [0.2, 0.25) is 5.88 Å². The summed E-state index contributed by atoms with van der Waals surface area (Å²) >= 11 is 0. The van der Waals surface area contributed by atoms with Gasteiger partial charge < -0.3 is 9.64 Å². The van der Waals surface area contributed by atoms with Crippen LogP contribution in [-0.2, 0) is 10.2 Å². The fourth-order valence-electron chi connectivity index (χ4n) is 3.83. The van der Waals surface area contributed by atoms with Crippen LogP contribution in [0, 0.1) is 5.41 Å². The number of Topliss-reactive ketones (excluding diaryl/α,β-unsaturated/α-hetero) is 1. The number of nitrogens with zero attached hydrogens (tertiary/aromatic N) is 2. The molecule has 0 aliphatic carbocycles. The standard InChI is InChI=1S/C19H27BN2O2/c1-18(2,3)12-14(23)6-9-22-10-7-19(8-11-22)13-24-17-15(19)4-5-16(20)21-17/h4-5H,6-13H2,1-3H3. The Kier molecular flexibility index (Phi) is 4.74. The largest absolute Gasteiger partial charge is 0.477 e. The molecule has 128 valence electrons. The summed E-state index contributed by atoms with van der Waals surface area (Å²) in [5, 5.41) is 0. The molecule has 0 N–H and O–H groups in total. The van der Waals surface area contributed by atoms with Crippen molar-refractivity contribution in [1.82, 2.24) is 9.88 Å². The number of aromatic nitrogens is 1. The van der Waals surface area contributed by atoms with Crippen LogP contribution in [0.25, 0.3) is 0 Å². The highest BCUT2D eigenvalue weighted by Crippen LogP contribution is 2.44. The van der Waals surface area contributed by atoms with Gasteiger partial charge in [-0.05, 0) is 36.9 Å². The van der Waals surface area contributed by atoms with E-state index in [9.17, 15) is 4.79 Å². The van der Waals surface area contributed by atoms with Gasteiger partial charge in [0.1, 0.15) is 13.6 Å². The van der Waals surface area contributed by atoms with Gasteiger partial charge in [-0.25, -0.2) is 4.98 Å². The lowest BCUT2D eigenvalue weighted by molar-refractivity contribution is -0.121. The molecule has 0 unspecified atom stereocenters. The number of carbonyl (C=O) groups is 1. The van der Waals surface area contributed by atoms with E-state index in [0.717, 1.165) is 32.5 Å². The molecule has 2 aliphatic heterocycles. The molecule has 1 saturated heterocycles. The van der Waals surface area contributed by atoms with Crippen molar-refractivity contribution in [2.24, 2.45) is 5.41 Å². The Hall–Kier alpha value is -1.36. The number of hydrogen-bond donors (Lipinski definition) is 0. The molecule has 2 aliphatic rings. The van der Waals surface area contributed by atoms with Gasteiger partial charge in [-0.15, -0.1) is 0 Å². The third-order valence-electron chi connectivity index (χ3n) is 5.19. The summed E-state index contributed by atoms with van der Waals surface area (Å²) in [7, 11) is 5.75. The topological polar surface area (TPSA) is 42.4 Å². The Morgan fingerprint density at radius 2 is 2.04 bits per heavy atom. The highest BCUT2D eigenvalue weighted by Gasteiger charge is 2.43. The first-order valence-electron chi connectivity index (χ1n) is 8.91. The van der Waals surface area contributed by atoms with Crippen LogP contribution in [0.2, 0.25) is 0 Å². The smallest absolute Gasteiger partial charge is 0.216 e. The molecule has 1 aromatic rings. The van der Waals surface area contributed by atoms with Crippen LogP contribution in [0.5, 0.6) is 5.88 Å². The van der Waals surface area contributed by atoms with Crippen LogP contribution in [-0.4, -0.2) is 49.8 Å². The molecule has 4 nitrogen and oxygen atoms in total. The molecular weight excluding hydrogens is 299 g/mol. The molecule has 0 bridgehead atoms. The number of piperidine rings is 1. The monoisotopic (exact) mass is 326 g/mol. The van der Waals surface area contributed by atoms with Gasteiger partial charge in [0.15, 0.2) is 0 Å². The molecule has 1 fully saturated rings. The zero-order valence-electron chi connectivity index (χ0n) is 15.1. The predicted octanol–water partition coefficient (Wildman–Crippen LogP) is 2.00. The number of likely N-dealkylation sites (tertiary alicyclic amines) is 1. The fraction of sp³-hybridized carbons (Fsp3) is 0.684. The molecule has 1 aromatic heterocycles. The average molecular weight is 326 g/mol. The molecule has 0 aromatic carbocycles. The number of ketones is 1. The lowest BCUT2D eigenvalue weighted by Crippen LogP contribution is -2.44. The van der Waals surface area contributed by atoms with Crippen molar-refractivity contribution < 1.29 is 9.53 Å². The molecule has 2 radical (unpaired) electrons. The molecule has 0 atom stereocenters. The van der Waals surface area contributed by atoms with Gasteiger partial charge in [0.25, 0.3) is 0 Å². The maximum Gasteiger partial charge on any atom is 0.216 e. The van der Waals surface area contributed by atoms with E-state index >= 15 is 0 Å². The van der Waals surface area contributed by atoms with Crippen LogP contribution >= 0.6 is 0 Å². The Morgan fingerprint density at radius 3 is 2.71 bits per heavy atom. The summed E-state index contributed by atoms with van der Waals surface area (Å²) in [5.74, 6) is 1.08. The maximum atomic E-state index is 12.1. The summed E-state index contributed by atoms with van der Waals surface area (Å²) in [6, 6.07) is 3.94. The summed E-state index contributed by atoms with van der Waals surface area (Å²) < 4.78 is 5.80. The quantitative estimate of drug-likeness (QED) is 0.794. The molecule has 3 heterocycles. The number of carbonyl (C=O) groups excluding carboxylic acids is 1. The van der Waals surface area contributed by atoms with E-state index in [2.05, 4.69) is 36.7 Å². The third kappa shape index (κ3) is 3.82. The van der Waals surface area contributed by atoms with Gasteiger partial charge in [-0.2, -0.15) is 0 Å². The van der Waals surface area contributed by atoms with E-state index in [0.29, 0.717) is 36.7 Å². The lowest BCUT2D eigenvalue weighted by Gasteiger charge is -2.38. The first kappa shape index (κ1) is 17.5. The number of rotatable bonds is 4. The van der Waals surface area contributed by atoms with Crippen molar-refractivity contribution in [2.45, 2.75) is 51.9 Å². The number of fused-ring (bicyclic) bond motifs is 2. The molecule has 5 heteroatoms. The Bertz CT molecular complexity index is 616. The minimum absolute atomic E-state index is 0.0853. The van der Waals surface area contributed by atoms with Crippen LogP contribution < -0.4 is 10.3 Å². The molecule has 0 amide bonds. The second kappa shape index (κ2) is 6.51. The second-order valence-corrected chi connectivity index (χ2v) is 8.53. The van der Waals surface area contributed by atoms with Gasteiger partial charge in [-0.3, -0.25) is 4.79 Å². The van der Waals surface area contributed by atoms with E-state index in [4.69, 9.17) is 12.6 Å². The normalized spacial score (nSPS) is 20.0. The van der Waals surface area contributed by atoms with Crippen molar-refractivity contribution in [2.75, 3.05) is 26.2 Å². The fourth-order valence-corrected chi connectivity index (χ4v) is 3.83. The SMILES string of the molecule is [B]c1ccc2c(n1)OCC21CCN(CCC(=O)CC(C)(C)C)CC1. The highest BCUT2D eigenvalue weighted by molar-refractivity contribution is 6.30. The highest BCUT2D eigenvalue weighted by atomic mass is 16.5. The molecule has 0 saturated carbocycles. The van der Waals surface area contributed by atoms with Gasteiger partial charge >= 0.3 is 0 Å². The Labute approximate surface area is 146 Å². The summed E-state index contributed by atoms with van der Waals surface area (Å²) in [6.07, 6.45) is 3.44. The van der Waals surface area contributed by atoms with Gasteiger partial charge in [0.05, 0.1) is 6.61 Å². The number of pyridine rings is 1. The summed E-state index contributed by atoms with van der Waals surface area (Å²) in [6.45, 7) is 9.95. The average Bonchev–Trinajstić information content (AvgIpc) is 2.83. The number of ether oxygens (including phenoxy) is 1. The second-order valence-electron chi connectivity index (χ2n) is 8.53. The Morgan fingerprint density at radius 1 is 1.33 bits per heavy atom. The first-order valence-corrected chi connectivity index (χ1v) is 8.91. The van der Waals surface area contributed by atoms with E-state index in [1.807, 2.05) is 6.07 Å². The Balaban J connectivity index is 1.53. The minimum Gasteiger partial charge on any atom is -0.477 e. The lowest BCUT2D eigenvalue weighted by atomic mass is 9.74. The minimum atomic E-state index is 0.0853. The van der Waals surface area contributed by atoms with Crippen molar-refractivity contribution in [1.29, 1.82) is 0 Å². The van der Waals surface area contributed by atoms with Gasteiger partial charge in [0, 0.05) is 30.4 Å². The van der Waals surface area contributed by atoms with Gasteiger partial charge in [-0.1, -0.05) is 32.9 Å². The van der Waals surface area contributed by atoms with Crippen LogP contribution in [0.15, 0.2) is 12.1 Å². The van der Waals surface area contributed by atoms with E-state index in [-0.39, 0.29) is 10.8 Å². The van der Waals surface area contributed by atoms with Crippen molar-refractivity contribution in [3.05, 3.63) is 17.7 Å².